The maximum Gasteiger partial charge on any atom is 0.136 e. The van der Waals surface area contributed by atoms with E-state index in [-0.39, 0.29) is 0 Å². The van der Waals surface area contributed by atoms with Crippen LogP contribution >= 0.6 is 15.9 Å². The quantitative estimate of drug-likeness (QED) is 0.821. The Labute approximate surface area is 109 Å². The second kappa shape index (κ2) is 4.18. The number of nitrogens with two attached hydrogens (primary N) is 1. The van der Waals surface area contributed by atoms with Gasteiger partial charge in [0.05, 0.1) is 0 Å². The molecule has 1 fully saturated rings. The fourth-order valence-electron chi connectivity index (χ4n) is 2.44. The van der Waals surface area contributed by atoms with Crippen LogP contribution in [0.25, 0.3) is 10.8 Å². The van der Waals surface area contributed by atoms with E-state index in [1.165, 1.54) is 12.8 Å². The molecule has 3 nitrogen and oxygen atoms in total. The van der Waals surface area contributed by atoms with Gasteiger partial charge in [0.2, 0.25) is 0 Å². The number of hydrogen-bond acceptors (Lipinski definition) is 3. The number of anilines is 2. The minimum absolute atomic E-state index is 0.803. The smallest absolute Gasteiger partial charge is 0.136 e. The van der Waals surface area contributed by atoms with E-state index in [1.807, 2.05) is 18.3 Å². The molecule has 1 aliphatic rings. The van der Waals surface area contributed by atoms with Gasteiger partial charge in [0.1, 0.15) is 5.82 Å². The average Bonchev–Trinajstić information content (AvgIpc) is 2.81. The fraction of sp³-hybridized carbons (Fsp3) is 0.308. The van der Waals surface area contributed by atoms with Crippen molar-refractivity contribution in [3.63, 3.8) is 0 Å². The van der Waals surface area contributed by atoms with E-state index >= 15 is 0 Å². The van der Waals surface area contributed by atoms with Gasteiger partial charge < -0.3 is 10.6 Å². The Bertz CT molecular complexity index is 562. The molecule has 88 valence electrons. The summed E-state index contributed by atoms with van der Waals surface area (Å²) in [4.78, 5) is 6.86. The fourth-order valence-corrected chi connectivity index (χ4v) is 2.92. The molecule has 17 heavy (non-hydrogen) atoms. The second-order valence-corrected chi connectivity index (χ2v) is 5.33. The van der Waals surface area contributed by atoms with Gasteiger partial charge in [-0.15, -0.1) is 0 Å². The summed E-state index contributed by atoms with van der Waals surface area (Å²) in [6.07, 6.45) is 4.35. The average molecular weight is 292 g/mol. The minimum Gasteiger partial charge on any atom is -0.398 e. The standard InChI is InChI=1S/C13H14BrN3/c14-9-7-11-10(12(15)8-9)3-4-16-13(11)17-5-1-2-6-17/h3-4,7-8H,1-2,5-6,15H2. The predicted molar refractivity (Wildman–Crippen MR) is 75.3 cm³/mol. The first kappa shape index (κ1) is 10.8. The summed E-state index contributed by atoms with van der Waals surface area (Å²) in [6.45, 7) is 2.19. The highest BCUT2D eigenvalue weighted by atomic mass is 79.9. The number of rotatable bonds is 1. The van der Waals surface area contributed by atoms with Crippen molar-refractivity contribution in [1.82, 2.24) is 4.98 Å². The van der Waals surface area contributed by atoms with Crippen LogP contribution in [0.4, 0.5) is 11.5 Å². The van der Waals surface area contributed by atoms with Crippen LogP contribution in [-0.4, -0.2) is 18.1 Å². The molecule has 0 spiro atoms. The lowest BCUT2D eigenvalue weighted by atomic mass is 10.1. The van der Waals surface area contributed by atoms with Crippen molar-refractivity contribution in [2.24, 2.45) is 0 Å². The van der Waals surface area contributed by atoms with Crippen LogP contribution in [-0.2, 0) is 0 Å². The van der Waals surface area contributed by atoms with Crippen LogP contribution in [0.15, 0.2) is 28.9 Å². The van der Waals surface area contributed by atoms with E-state index in [2.05, 4.69) is 31.9 Å². The third-order valence-corrected chi connectivity index (χ3v) is 3.72. The zero-order chi connectivity index (χ0) is 11.8. The van der Waals surface area contributed by atoms with Gasteiger partial charge in [0, 0.05) is 40.2 Å². The molecule has 3 rings (SSSR count). The number of pyridine rings is 1. The first-order chi connectivity index (χ1) is 8.25. The van der Waals surface area contributed by atoms with Crippen molar-refractivity contribution in [2.75, 3.05) is 23.7 Å². The van der Waals surface area contributed by atoms with Crippen molar-refractivity contribution < 1.29 is 0 Å². The molecule has 0 bridgehead atoms. The minimum atomic E-state index is 0.803. The van der Waals surface area contributed by atoms with Gasteiger partial charge in [0.25, 0.3) is 0 Å². The molecule has 2 N–H and O–H groups in total. The molecule has 1 aromatic carbocycles. The topological polar surface area (TPSA) is 42.1 Å². The number of nitrogen functional groups attached to an aromatic ring is 1. The summed E-state index contributed by atoms with van der Waals surface area (Å²) < 4.78 is 1.01. The number of fused-ring (bicyclic) bond motifs is 1. The third-order valence-electron chi connectivity index (χ3n) is 3.26. The number of nitrogens with zero attached hydrogens (tertiary/aromatic N) is 2. The van der Waals surface area contributed by atoms with E-state index in [1.54, 1.807) is 0 Å². The van der Waals surface area contributed by atoms with Crippen molar-refractivity contribution >= 4 is 38.2 Å². The Kier molecular flexibility index (Phi) is 2.67. The summed E-state index contributed by atoms with van der Waals surface area (Å²) in [5.74, 6) is 1.06. The van der Waals surface area contributed by atoms with Crippen LogP contribution in [0, 0.1) is 0 Å². The van der Waals surface area contributed by atoms with Crippen molar-refractivity contribution in [1.29, 1.82) is 0 Å². The molecule has 1 saturated heterocycles. The van der Waals surface area contributed by atoms with E-state index in [0.717, 1.165) is 39.8 Å². The van der Waals surface area contributed by atoms with E-state index in [9.17, 15) is 0 Å². The van der Waals surface area contributed by atoms with Crippen LogP contribution in [0.2, 0.25) is 0 Å². The molecular weight excluding hydrogens is 278 g/mol. The summed E-state index contributed by atoms with van der Waals surface area (Å²) in [5, 5.41) is 2.23. The lowest BCUT2D eigenvalue weighted by Gasteiger charge is -2.18. The Balaban J connectivity index is 2.24. The zero-order valence-electron chi connectivity index (χ0n) is 9.49. The van der Waals surface area contributed by atoms with Crippen LogP contribution in [0.3, 0.4) is 0 Å². The molecule has 1 aromatic heterocycles. The molecule has 0 radical (unpaired) electrons. The Morgan fingerprint density at radius 1 is 1.18 bits per heavy atom. The summed E-state index contributed by atoms with van der Waals surface area (Å²) in [5.41, 5.74) is 6.85. The summed E-state index contributed by atoms with van der Waals surface area (Å²) in [6, 6.07) is 6.03. The van der Waals surface area contributed by atoms with Crippen LogP contribution < -0.4 is 10.6 Å². The third kappa shape index (κ3) is 1.86. The molecule has 2 heterocycles. The van der Waals surface area contributed by atoms with Gasteiger partial charge in [-0.1, -0.05) is 15.9 Å². The molecular formula is C13H14BrN3. The number of benzene rings is 1. The molecule has 0 saturated carbocycles. The van der Waals surface area contributed by atoms with Gasteiger partial charge in [-0.25, -0.2) is 4.98 Å². The summed E-state index contributed by atoms with van der Waals surface area (Å²) in [7, 11) is 0. The SMILES string of the molecule is Nc1cc(Br)cc2c(N3CCCC3)nccc12. The van der Waals surface area contributed by atoms with Crippen molar-refractivity contribution in [2.45, 2.75) is 12.8 Å². The van der Waals surface area contributed by atoms with Crippen molar-refractivity contribution in [3.8, 4) is 0 Å². The highest BCUT2D eigenvalue weighted by Crippen LogP contribution is 2.32. The van der Waals surface area contributed by atoms with Crippen LogP contribution in [0.1, 0.15) is 12.8 Å². The molecule has 0 atom stereocenters. The molecule has 0 aliphatic carbocycles. The van der Waals surface area contributed by atoms with Gasteiger partial charge in [0.15, 0.2) is 0 Å². The first-order valence-electron chi connectivity index (χ1n) is 5.84. The Morgan fingerprint density at radius 2 is 1.94 bits per heavy atom. The lowest BCUT2D eigenvalue weighted by molar-refractivity contribution is 0.946. The molecule has 0 unspecified atom stereocenters. The van der Waals surface area contributed by atoms with Gasteiger partial charge in [-0.3, -0.25) is 0 Å². The molecule has 4 heteroatoms. The molecule has 0 amide bonds. The predicted octanol–water partition coefficient (Wildman–Crippen LogP) is 3.18. The number of halogens is 1. The highest BCUT2D eigenvalue weighted by Gasteiger charge is 2.16. The monoisotopic (exact) mass is 291 g/mol. The van der Waals surface area contributed by atoms with E-state index < -0.39 is 0 Å². The van der Waals surface area contributed by atoms with Gasteiger partial charge in [-0.05, 0) is 31.0 Å². The first-order valence-corrected chi connectivity index (χ1v) is 6.64. The zero-order valence-corrected chi connectivity index (χ0v) is 11.1. The van der Waals surface area contributed by atoms with Crippen LogP contribution in [0.5, 0.6) is 0 Å². The maximum atomic E-state index is 6.05. The highest BCUT2D eigenvalue weighted by molar-refractivity contribution is 9.10. The number of aromatic nitrogens is 1. The maximum absolute atomic E-state index is 6.05. The Hall–Kier alpha value is -1.29. The van der Waals surface area contributed by atoms with Gasteiger partial charge >= 0.3 is 0 Å². The normalized spacial score (nSPS) is 15.7. The largest absolute Gasteiger partial charge is 0.398 e. The molecule has 1 aliphatic heterocycles. The summed E-state index contributed by atoms with van der Waals surface area (Å²) >= 11 is 3.50. The van der Waals surface area contributed by atoms with Crippen molar-refractivity contribution in [3.05, 3.63) is 28.9 Å². The van der Waals surface area contributed by atoms with E-state index in [4.69, 9.17) is 5.73 Å². The Morgan fingerprint density at radius 3 is 2.71 bits per heavy atom. The van der Waals surface area contributed by atoms with E-state index in [0.29, 0.717) is 0 Å². The number of hydrogen-bond donors (Lipinski definition) is 1. The molecule has 2 aromatic rings. The van der Waals surface area contributed by atoms with Gasteiger partial charge in [-0.2, -0.15) is 0 Å². The lowest BCUT2D eigenvalue weighted by Crippen LogP contribution is -2.19. The second-order valence-electron chi connectivity index (χ2n) is 4.42.